The summed E-state index contributed by atoms with van der Waals surface area (Å²) in [5, 5.41) is -0.161. The number of benzene rings is 1. The third-order valence-electron chi connectivity index (χ3n) is 1.75. The van der Waals surface area contributed by atoms with Gasteiger partial charge in [-0.1, -0.05) is 17.7 Å². The number of hydrogen-bond donors (Lipinski definition) is 1. The molecule has 0 aliphatic rings. The van der Waals surface area contributed by atoms with E-state index in [1.165, 1.54) is 19.2 Å². The van der Waals surface area contributed by atoms with Crippen LogP contribution in [-0.2, 0) is 16.0 Å². The summed E-state index contributed by atoms with van der Waals surface area (Å²) in [6.07, 6.45) is -0.150. The fraction of sp³-hybridized carbons (Fsp3) is 0.222. The minimum atomic E-state index is -0.669. The summed E-state index contributed by atoms with van der Waals surface area (Å²) < 4.78 is 17.7. The molecule has 0 saturated carbocycles. The van der Waals surface area contributed by atoms with Crippen molar-refractivity contribution in [3.8, 4) is 0 Å². The van der Waals surface area contributed by atoms with Crippen LogP contribution in [0.5, 0.6) is 0 Å². The van der Waals surface area contributed by atoms with Crippen molar-refractivity contribution in [3.63, 3.8) is 0 Å². The molecule has 1 aromatic carbocycles. The number of carbonyl (C=O) groups is 1. The molecule has 0 atom stereocenters. The molecule has 14 heavy (non-hydrogen) atoms. The maximum absolute atomic E-state index is 13.3. The van der Waals surface area contributed by atoms with Crippen LogP contribution in [0, 0.1) is 5.82 Å². The van der Waals surface area contributed by atoms with E-state index in [2.05, 4.69) is 4.74 Å². The van der Waals surface area contributed by atoms with E-state index < -0.39 is 11.8 Å². The molecule has 2 N–H and O–H groups in total. The molecular formula is C9H9ClFNO2. The molecule has 1 aromatic rings. The van der Waals surface area contributed by atoms with Crippen LogP contribution >= 0.6 is 11.6 Å². The number of esters is 1. The first-order valence-corrected chi connectivity index (χ1v) is 4.23. The highest BCUT2D eigenvalue weighted by Crippen LogP contribution is 2.25. The lowest BCUT2D eigenvalue weighted by Gasteiger charge is -2.05. The molecule has 0 bridgehead atoms. The monoisotopic (exact) mass is 217 g/mol. The summed E-state index contributed by atoms with van der Waals surface area (Å²) in [6, 6.07) is 2.86. The van der Waals surface area contributed by atoms with Gasteiger partial charge in [0, 0.05) is 5.56 Å². The van der Waals surface area contributed by atoms with Gasteiger partial charge in [0.15, 0.2) is 0 Å². The first kappa shape index (κ1) is 10.8. The highest BCUT2D eigenvalue weighted by atomic mass is 35.5. The highest BCUT2D eigenvalue weighted by Gasteiger charge is 2.12. The zero-order valence-electron chi connectivity index (χ0n) is 7.51. The number of rotatable bonds is 2. The van der Waals surface area contributed by atoms with Crippen molar-refractivity contribution in [2.75, 3.05) is 12.8 Å². The van der Waals surface area contributed by atoms with Crippen molar-refractivity contribution in [1.29, 1.82) is 0 Å². The number of methoxy groups -OCH3 is 1. The van der Waals surface area contributed by atoms with Crippen LogP contribution in [-0.4, -0.2) is 13.1 Å². The van der Waals surface area contributed by atoms with Crippen molar-refractivity contribution in [2.45, 2.75) is 6.42 Å². The molecule has 0 unspecified atom stereocenters. The Hall–Kier alpha value is -1.29. The lowest BCUT2D eigenvalue weighted by atomic mass is 10.1. The molecule has 0 aliphatic heterocycles. The van der Waals surface area contributed by atoms with Crippen molar-refractivity contribution in [3.05, 3.63) is 28.5 Å². The molecule has 0 amide bonds. The zero-order chi connectivity index (χ0) is 10.7. The van der Waals surface area contributed by atoms with E-state index in [-0.39, 0.29) is 22.7 Å². The molecule has 1 rings (SSSR count). The quantitative estimate of drug-likeness (QED) is 0.607. The first-order chi connectivity index (χ1) is 6.56. The molecule has 0 fully saturated rings. The Kier molecular flexibility index (Phi) is 3.30. The third kappa shape index (κ3) is 2.14. The minimum Gasteiger partial charge on any atom is -0.469 e. The average Bonchev–Trinajstić information content (AvgIpc) is 2.19. The lowest BCUT2D eigenvalue weighted by Crippen LogP contribution is -2.07. The van der Waals surface area contributed by atoms with Gasteiger partial charge in [0.05, 0.1) is 24.2 Å². The summed E-state index contributed by atoms with van der Waals surface area (Å²) >= 11 is 5.56. The van der Waals surface area contributed by atoms with E-state index in [0.29, 0.717) is 0 Å². The van der Waals surface area contributed by atoms with Gasteiger partial charge >= 0.3 is 5.97 Å². The number of anilines is 1. The topological polar surface area (TPSA) is 52.3 Å². The lowest BCUT2D eigenvalue weighted by molar-refractivity contribution is -0.139. The van der Waals surface area contributed by atoms with E-state index in [9.17, 15) is 9.18 Å². The normalized spacial score (nSPS) is 9.93. The summed E-state index contributed by atoms with van der Waals surface area (Å²) in [5.41, 5.74) is 5.69. The molecule has 0 saturated heterocycles. The van der Waals surface area contributed by atoms with E-state index in [1.807, 2.05) is 0 Å². The van der Waals surface area contributed by atoms with Gasteiger partial charge in [-0.2, -0.15) is 0 Å². The summed E-state index contributed by atoms with van der Waals surface area (Å²) in [5.74, 6) is -1.19. The first-order valence-electron chi connectivity index (χ1n) is 3.85. The Bertz CT molecular complexity index is 368. The average molecular weight is 218 g/mol. The SMILES string of the molecule is COC(=O)Cc1ccc(N)c(Cl)c1F. The summed E-state index contributed by atoms with van der Waals surface area (Å²) in [6.45, 7) is 0. The predicted molar refractivity (Wildman–Crippen MR) is 51.5 cm³/mol. The number of halogens is 2. The Morgan fingerprint density at radius 3 is 2.86 bits per heavy atom. The van der Waals surface area contributed by atoms with Crippen molar-refractivity contribution < 1.29 is 13.9 Å². The van der Waals surface area contributed by atoms with E-state index in [1.54, 1.807) is 0 Å². The highest BCUT2D eigenvalue weighted by molar-refractivity contribution is 6.33. The maximum Gasteiger partial charge on any atom is 0.310 e. The third-order valence-corrected chi connectivity index (χ3v) is 2.14. The molecule has 0 aliphatic carbocycles. The van der Waals surface area contributed by atoms with Gasteiger partial charge in [0.1, 0.15) is 5.82 Å². The van der Waals surface area contributed by atoms with Crippen LogP contribution < -0.4 is 5.73 Å². The second kappa shape index (κ2) is 4.28. The molecule has 0 radical (unpaired) electrons. The van der Waals surface area contributed by atoms with E-state index in [4.69, 9.17) is 17.3 Å². The summed E-state index contributed by atoms with van der Waals surface area (Å²) in [4.78, 5) is 10.9. The van der Waals surface area contributed by atoms with Gasteiger partial charge in [0.25, 0.3) is 0 Å². The van der Waals surface area contributed by atoms with Crippen LogP contribution in [0.15, 0.2) is 12.1 Å². The van der Waals surface area contributed by atoms with Crippen molar-refractivity contribution in [1.82, 2.24) is 0 Å². The molecule has 0 spiro atoms. The van der Waals surface area contributed by atoms with Gasteiger partial charge in [-0.3, -0.25) is 4.79 Å². The smallest absolute Gasteiger partial charge is 0.310 e. The Balaban J connectivity index is 3.00. The fourth-order valence-electron chi connectivity index (χ4n) is 0.969. The van der Waals surface area contributed by atoms with Crippen LogP contribution in [0.2, 0.25) is 5.02 Å². The second-order valence-electron chi connectivity index (χ2n) is 2.69. The van der Waals surface area contributed by atoms with Gasteiger partial charge < -0.3 is 10.5 Å². The standard InChI is InChI=1S/C9H9ClFNO2/c1-14-7(13)4-5-2-3-6(12)8(10)9(5)11/h2-3H,4,12H2,1H3. The van der Waals surface area contributed by atoms with Gasteiger partial charge in [0.2, 0.25) is 0 Å². The molecule has 0 heterocycles. The van der Waals surface area contributed by atoms with Crippen LogP contribution in [0.1, 0.15) is 5.56 Å². The van der Waals surface area contributed by atoms with Gasteiger partial charge in [-0.05, 0) is 6.07 Å². The van der Waals surface area contributed by atoms with Crippen molar-refractivity contribution >= 4 is 23.3 Å². The molecule has 0 aromatic heterocycles. The van der Waals surface area contributed by atoms with Crippen molar-refractivity contribution in [2.24, 2.45) is 0 Å². The number of ether oxygens (including phenoxy) is 1. The number of hydrogen-bond acceptors (Lipinski definition) is 3. The van der Waals surface area contributed by atoms with Gasteiger partial charge in [-0.15, -0.1) is 0 Å². The van der Waals surface area contributed by atoms with Crippen LogP contribution in [0.25, 0.3) is 0 Å². The van der Waals surface area contributed by atoms with Crippen LogP contribution in [0.4, 0.5) is 10.1 Å². The summed E-state index contributed by atoms with van der Waals surface area (Å²) in [7, 11) is 1.24. The fourth-order valence-corrected chi connectivity index (χ4v) is 1.15. The van der Waals surface area contributed by atoms with Gasteiger partial charge in [-0.25, -0.2) is 4.39 Å². The number of carbonyl (C=O) groups excluding carboxylic acids is 1. The van der Waals surface area contributed by atoms with Crippen LogP contribution in [0.3, 0.4) is 0 Å². The maximum atomic E-state index is 13.3. The largest absolute Gasteiger partial charge is 0.469 e. The Morgan fingerprint density at radius 2 is 2.29 bits per heavy atom. The molecular weight excluding hydrogens is 209 g/mol. The molecule has 5 heteroatoms. The molecule has 76 valence electrons. The Labute approximate surface area is 85.6 Å². The Morgan fingerprint density at radius 1 is 1.64 bits per heavy atom. The zero-order valence-corrected chi connectivity index (χ0v) is 8.27. The number of nitrogens with two attached hydrogens (primary N) is 1. The molecule has 3 nitrogen and oxygen atoms in total. The second-order valence-corrected chi connectivity index (χ2v) is 3.07. The van der Waals surface area contributed by atoms with E-state index >= 15 is 0 Å². The minimum absolute atomic E-state index is 0.150. The predicted octanol–water partition coefficient (Wildman–Crippen LogP) is 1.78. The number of nitrogen functional groups attached to an aromatic ring is 1. The van der Waals surface area contributed by atoms with E-state index in [0.717, 1.165) is 0 Å².